The summed E-state index contributed by atoms with van der Waals surface area (Å²) < 4.78 is 29.7. The van der Waals surface area contributed by atoms with E-state index >= 15 is 0 Å². The Bertz CT molecular complexity index is 1950. The molecule has 0 spiro atoms. The van der Waals surface area contributed by atoms with Crippen molar-refractivity contribution in [3.8, 4) is 0 Å². The van der Waals surface area contributed by atoms with Gasteiger partial charge in [-0.3, -0.25) is 0 Å². The quantitative estimate of drug-likeness (QED) is 0.165. The van der Waals surface area contributed by atoms with Crippen LogP contribution in [-0.2, 0) is 0 Å². The van der Waals surface area contributed by atoms with Gasteiger partial charge in [0.15, 0.2) is 0 Å². The predicted molar refractivity (Wildman–Crippen MR) is 162 cm³/mol. The van der Waals surface area contributed by atoms with E-state index in [0.717, 1.165) is 59.8 Å². The van der Waals surface area contributed by atoms with Crippen molar-refractivity contribution in [1.82, 2.24) is 0 Å². The van der Waals surface area contributed by atoms with Crippen molar-refractivity contribution in [2.45, 2.75) is 0 Å². The van der Waals surface area contributed by atoms with Gasteiger partial charge in [-0.25, -0.2) is 8.78 Å². The molecule has 182 valence electrons. The van der Waals surface area contributed by atoms with E-state index in [9.17, 15) is 8.78 Å². The maximum absolute atomic E-state index is 14.9. The molecule has 7 rings (SSSR count). The van der Waals surface area contributed by atoms with Crippen molar-refractivity contribution in [2.24, 2.45) is 0 Å². The highest BCUT2D eigenvalue weighted by molar-refractivity contribution is 7.94. The normalized spacial score (nSPS) is 12.1. The molecule has 0 aliphatic carbocycles. The van der Waals surface area contributed by atoms with Gasteiger partial charge in [-0.2, -0.15) is 0 Å². The molecule has 0 saturated heterocycles. The molecular formula is C35H23F2P. The SMILES string of the molecule is C=P(c1cc(F)cc(F)c1)(c1cc2ccccc2c2ccccc12)c1cc2ccccc2c2ccccc12. The number of hydrogen-bond donors (Lipinski definition) is 0. The van der Waals surface area contributed by atoms with E-state index in [1.54, 1.807) is 0 Å². The van der Waals surface area contributed by atoms with Crippen molar-refractivity contribution in [2.75, 3.05) is 0 Å². The molecule has 3 heteroatoms. The smallest absolute Gasteiger partial charge is 0.126 e. The molecule has 7 aromatic rings. The van der Waals surface area contributed by atoms with Gasteiger partial charge in [0, 0.05) is 6.07 Å². The molecule has 0 N–H and O–H groups in total. The Morgan fingerprint density at radius 1 is 0.421 bits per heavy atom. The minimum absolute atomic E-state index is 0.580. The summed E-state index contributed by atoms with van der Waals surface area (Å²) >= 11 is 0. The monoisotopic (exact) mass is 512 g/mol. The molecule has 0 fully saturated rings. The zero-order valence-corrected chi connectivity index (χ0v) is 21.4. The lowest BCUT2D eigenvalue weighted by atomic mass is 10.0. The second-order valence-corrected chi connectivity index (χ2v) is 12.9. The Morgan fingerprint density at radius 3 is 1.24 bits per heavy atom. The second kappa shape index (κ2) is 8.65. The maximum Gasteiger partial charge on any atom is 0.126 e. The topological polar surface area (TPSA) is 0 Å². The highest BCUT2D eigenvalue weighted by atomic mass is 31.2. The molecule has 0 aliphatic heterocycles. The summed E-state index contributed by atoms with van der Waals surface area (Å²) in [7, 11) is 0. The van der Waals surface area contributed by atoms with E-state index in [4.69, 9.17) is 6.30 Å². The lowest BCUT2D eigenvalue weighted by molar-refractivity contribution is 0.585. The molecule has 0 heterocycles. The zero-order chi connectivity index (χ0) is 25.9. The van der Waals surface area contributed by atoms with E-state index in [-0.39, 0.29) is 0 Å². The van der Waals surface area contributed by atoms with Crippen LogP contribution in [0.3, 0.4) is 0 Å². The first-order valence-electron chi connectivity index (χ1n) is 12.6. The molecule has 0 radical (unpaired) electrons. The fraction of sp³-hybridized carbons (Fsp3) is 0. The zero-order valence-electron chi connectivity index (χ0n) is 20.5. The Hall–Kier alpha value is -4.26. The number of rotatable bonds is 3. The largest absolute Gasteiger partial charge is 0.207 e. The summed E-state index contributed by atoms with van der Waals surface area (Å²) in [6, 6.07) is 41.4. The maximum atomic E-state index is 14.9. The van der Waals surface area contributed by atoms with Crippen LogP contribution in [-0.4, -0.2) is 6.30 Å². The number of hydrogen-bond acceptors (Lipinski definition) is 0. The van der Waals surface area contributed by atoms with Crippen LogP contribution < -0.4 is 15.9 Å². The van der Waals surface area contributed by atoms with Gasteiger partial charge in [-0.1, -0.05) is 103 Å². The van der Waals surface area contributed by atoms with Crippen LogP contribution in [0.4, 0.5) is 8.78 Å². The number of fused-ring (bicyclic) bond motifs is 6. The van der Waals surface area contributed by atoms with Crippen LogP contribution in [0.2, 0.25) is 0 Å². The molecule has 38 heavy (non-hydrogen) atoms. The van der Waals surface area contributed by atoms with Crippen LogP contribution >= 0.6 is 6.89 Å². The summed E-state index contributed by atoms with van der Waals surface area (Å²) in [6.07, 6.45) is 4.95. The minimum atomic E-state index is -2.81. The van der Waals surface area contributed by atoms with Crippen molar-refractivity contribution < 1.29 is 8.78 Å². The number of halogens is 2. The standard InChI is InChI=1S/C35H23F2P/c1-38(27-21-25(36)20-26(37)22-27,34-18-23-10-2-4-12-28(23)30-14-6-8-16-32(30)34)35-19-24-11-3-5-13-29(24)31-15-7-9-17-33(31)35/h2-22H,1H2. The molecule has 0 amide bonds. The van der Waals surface area contributed by atoms with E-state index in [0.29, 0.717) is 5.30 Å². The van der Waals surface area contributed by atoms with Crippen LogP contribution in [0, 0.1) is 11.6 Å². The summed E-state index contributed by atoms with van der Waals surface area (Å²) in [5.74, 6) is -1.19. The third-order valence-corrected chi connectivity index (χ3v) is 11.1. The van der Waals surface area contributed by atoms with E-state index in [1.807, 2.05) is 48.5 Å². The first-order chi connectivity index (χ1) is 18.5. The lowest BCUT2D eigenvalue weighted by Crippen LogP contribution is -2.27. The third-order valence-electron chi connectivity index (χ3n) is 7.60. The Labute approximate surface area is 219 Å². The molecular weight excluding hydrogens is 489 g/mol. The first-order valence-corrected chi connectivity index (χ1v) is 14.5. The Kier molecular flexibility index (Phi) is 5.21. The number of benzene rings is 7. The molecule has 0 bridgehead atoms. The average molecular weight is 513 g/mol. The summed E-state index contributed by atoms with van der Waals surface area (Å²) in [5, 5.41) is 11.4. The molecule has 0 saturated carbocycles. The van der Waals surface area contributed by atoms with Crippen molar-refractivity contribution >= 4 is 72.2 Å². The first kappa shape index (κ1) is 22.9. The minimum Gasteiger partial charge on any atom is -0.207 e. The predicted octanol–water partition coefficient (Wildman–Crippen LogP) is 8.30. The molecule has 0 nitrogen and oxygen atoms in total. The van der Waals surface area contributed by atoms with Gasteiger partial charge in [-0.05, 0) is 90.2 Å². The van der Waals surface area contributed by atoms with Gasteiger partial charge in [-0.15, -0.1) is 0 Å². The molecule has 0 aromatic heterocycles. The van der Waals surface area contributed by atoms with Crippen LogP contribution in [0.15, 0.2) is 127 Å². The van der Waals surface area contributed by atoms with Gasteiger partial charge < -0.3 is 0 Å². The van der Waals surface area contributed by atoms with E-state index in [2.05, 4.69) is 60.7 Å². The van der Waals surface area contributed by atoms with Crippen molar-refractivity contribution in [1.29, 1.82) is 0 Å². The summed E-state index contributed by atoms with van der Waals surface area (Å²) in [6.45, 7) is -2.81. The van der Waals surface area contributed by atoms with Gasteiger partial charge in [0.05, 0.1) is 0 Å². The van der Waals surface area contributed by atoms with Gasteiger partial charge in [0.25, 0.3) is 0 Å². The second-order valence-electron chi connectivity index (χ2n) is 9.76. The Morgan fingerprint density at radius 2 is 0.789 bits per heavy atom. The van der Waals surface area contributed by atoms with Crippen LogP contribution in [0.5, 0.6) is 0 Å². The molecule has 0 aliphatic rings. The van der Waals surface area contributed by atoms with Crippen LogP contribution in [0.1, 0.15) is 0 Å². The molecule has 7 aromatic carbocycles. The molecule has 0 unspecified atom stereocenters. The summed E-state index contributed by atoms with van der Waals surface area (Å²) in [4.78, 5) is 0. The highest BCUT2D eigenvalue weighted by Crippen LogP contribution is 2.48. The van der Waals surface area contributed by atoms with Gasteiger partial charge in [0.2, 0.25) is 0 Å². The van der Waals surface area contributed by atoms with Gasteiger partial charge >= 0.3 is 0 Å². The lowest BCUT2D eigenvalue weighted by Gasteiger charge is -2.30. The van der Waals surface area contributed by atoms with Gasteiger partial charge in [0.1, 0.15) is 11.6 Å². The fourth-order valence-corrected chi connectivity index (χ4v) is 9.30. The molecule has 0 atom stereocenters. The third kappa shape index (κ3) is 3.41. The van der Waals surface area contributed by atoms with Crippen molar-refractivity contribution in [3.63, 3.8) is 0 Å². The Balaban J connectivity index is 1.72. The van der Waals surface area contributed by atoms with E-state index in [1.165, 1.54) is 12.1 Å². The van der Waals surface area contributed by atoms with Crippen molar-refractivity contribution in [3.05, 3.63) is 139 Å². The fourth-order valence-electron chi connectivity index (χ4n) is 5.87. The average Bonchev–Trinajstić information content (AvgIpc) is 2.95. The van der Waals surface area contributed by atoms with E-state index < -0.39 is 18.5 Å². The van der Waals surface area contributed by atoms with Crippen LogP contribution in [0.25, 0.3) is 43.1 Å². The summed E-state index contributed by atoms with van der Waals surface area (Å²) in [5.41, 5.74) is 0. The highest BCUT2D eigenvalue weighted by Gasteiger charge is 2.28.